The van der Waals surface area contributed by atoms with Gasteiger partial charge in [-0.2, -0.15) is 0 Å². The van der Waals surface area contributed by atoms with Gasteiger partial charge in [-0.3, -0.25) is 9.59 Å². The molecule has 0 aromatic heterocycles. The van der Waals surface area contributed by atoms with Gasteiger partial charge < -0.3 is 21.5 Å². The Morgan fingerprint density at radius 1 is 1.53 bits per heavy atom. The van der Waals surface area contributed by atoms with E-state index in [4.69, 9.17) is 5.73 Å². The molecule has 1 rings (SSSR count). The van der Waals surface area contributed by atoms with Crippen molar-refractivity contribution in [1.29, 1.82) is 0 Å². The number of halogens is 3. The molecule has 5 N–H and O–H groups in total. The van der Waals surface area contributed by atoms with Crippen LogP contribution in [0, 0.1) is 5.92 Å². The van der Waals surface area contributed by atoms with E-state index in [0.29, 0.717) is 13.0 Å². The highest BCUT2D eigenvalue weighted by Gasteiger charge is 2.33. The number of carbonyl (C=O) groups is 2. The molecule has 3 unspecified atom stereocenters. The molecule has 19 heavy (non-hydrogen) atoms. The highest BCUT2D eigenvalue weighted by Crippen LogP contribution is 2.17. The van der Waals surface area contributed by atoms with E-state index in [1.807, 2.05) is 0 Å². The molecule has 1 fully saturated rings. The molecule has 4 atom stereocenters. The quantitative estimate of drug-likeness (QED) is 0.463. The van der Waals surface area contributed by atoms with E-state index in [1.165, 1.54) is 5.32 Å². The lowest BCUT2D eigenvalue weighted by Gasteiger charge is -2.21. The molecule has 0 saturated carbocycles. The molecule has 1 saturated heterocycles. The second kappa shape index (κ2) is 6.71. The summed E-state index contributed by atoms with van der Waals surface area (Å²) in [5, 5.41) is 13.3. The predicted molar refractivity (Wildman–Crippen MR) is 58.8 cm³/mol. The Labute approximate surface area is 107 Å². The Kier molecular flexibility index (Phi) is 5.55. The van der Waals surface area contributed by atoms with Gasteiger partial charge in [0.25, 0.3) is 12.3 Å². The number of hydrogen-bond donors (Lipinski definition) is 4. The Hall–Kier alpha value is -1.35. The summed E-state index contributed by atoms with van der Waals surface area (Å²) < 4.78 is 36.3. The van der Waals surface area contributed by atoms with Crippen LogP contribution < -0.4 is 16.4 Å². The molecule has 0 spiro atoms. The molecule has 0 aromatic carbocycles. The van der Waals surface area contributed by atoms with Gasteiger partial charge >= 0.3 is 0 Å². The van der Waals surface area contributed by atoms with Crippen molar-refractivity contribution in [2.45, 2.75) is 37.7 Å². The molecule has 0 bridgehead atoms. The van der Waals surface area contributed by atoms with Crippen molar-refractivity contribution in [3.05, 3.63) is 0 Å². The van der Waals surface area contributed by atoms with Crippen LogP contribution in [0.5, 0.6) is 0 Å². The van der Waals surface area contributed by atoms with Crippen LogP contribution in [0.25, 0.3) is 0 Å². The van der Waals surface area contributed by atoms with Gasteiger partial charge in [0.05, 0.1) is 0 Å². The van der Waals surface area contributed by atoms with Crippen molar-refractivity contribution in [1.82, 2.24) is 10.6 Å². The lowest BCUT2D eigenvalue weighted by Crippen LogP contribution is -2.50. The number of hydrogen-bond acceptors (Lipinski definition) is 4. The maximum absolute atomic E-state index is 12.6. The summed E-state index contributed by atoms with van der Waals surface area (Å²) >= 11 is 0. The highest BCUT2D eigenvalue weighted by molar-refractivity contribution is 5.82. The van der Waals surface area contributed by atoms with Crippen LogP contribution in [0.4, 0.5) is 13.2 Å². The minimum atomic E-state index is -3.38. The Morgan fingerprint density at radius 2 is 2.16 bits per heavy atom. The minimum absolute atomic E-state index is 0.0199. The van der Waals surface area contributed by atoms with Crippen LogP contribution in [-0.4, -0.2) is 48.3 Å². The summed E-state index contributed by atoms with van der Waals surface area (Å²) in [6.07, 6.45) is -7.54. The van der Waals surface area contributed by atoms with Gasteiger partial charge in [0.2, 0.25) is 12.2 Å². The molecule has 0 aliphatic carbocycles. The molecule has 110 valence electrons. The molecule has 1 heterocycles. The number of rotatable bonds is 6. The van der Waals surface area contributed by atoms with Crippen molar-refractivity contribution in [3.63, 3.8) is 0 Å². The summed E-state index contributed by atoms with van der Waals surface area (Å²) in [6.45, 7) is 0.483. The average molecular weight is 283 g/mol. The van der Waals surface area contributed by atoms with Crippen molar-refractivity contribution < 1.29 is 27.9 Å². The van der Waals surface area contributed by atoms with Gasteiger partial charge in [0.1, 0.15) is 6.10 Å². The number of aliphatic hydroxyl groups excluding tert-OH is 1. The second-order valence-corrected chi connectivity index (χ2v) is 4.37. The first-order valence-corrected chi connectivity index (χ1v) is 5.77. The van der Waals surface area contributed by atoms with E-state index < -0.39 is 36.7 Å². The van der Waals surface area contributed by atoms with Crippen molar-refractivity contribution >= 4 is 11.8 Å². The normalized spacial score (nSPS) is 23.9. The number of nitrogens with one attached hydrogen (secondary N) is 2. The first kappa shape index (κ1) is 15.7. The molecule has 6 nitrogen and oxygen atoms in total. The van der Waals surface area contributed by atoms with E-state index in [9.17, 15) is 27.9 Å². The summed E-state index contributed by atoms with van der Waals surface area (Å²) in [4.78, 5) is 22.5. The highest BCUT2D eigenvalue weighted by atomic mass is 19.3. The van der Waals surface area contributed by atoms with Crippen LogP contribution in [0.3, 0.4) is 0 Å². The number of aliphatic hydroxyl groups is 1. The lowest BCUT2D eigenvalue weighted by atomic mass is 9.95. The summed E-state index contributed by atoms with van der Waals surface area (Å²) in [6, 6.07) is -1.13. The zero-order valence-corrected chi connectivity index (χ0v) is 9.98. The summed E-state index contributed by atoms with van der Waals surface area (Å²) in [5.41, 5.74) is 5.51. The van der Waals surface area contributed by atoms with Crippen LogP contribution >= 0.6 is 0 Å². The fraction of sp³-hybridized carbons (Fsp3) is 0.800. The number of alkyl halides is 3. The molecule has 9 heteroatoms. The number of carbonyl (C=O) groups excluding carboxylic acids is 2. The first-order chi connectivity index (χ1) is 8.82. The zero-order chi connectivity index (χ0) is 14.6. The van der Waals surface area contributed by atoms with E-state index in [-0.39, 0.29) is 12.3 Å². The predicted octanol–water partition coefficient (Wildman–Crippen LogP) is -1.12. The number of nitrogens with two attached hydrogens (primary N) is 1. The maximum Gasteiger partial charge on any atom is 0.287 e. The third-order valence-electron chi connectivity index (χ3n) is 2.90. The Balaban J connectivity index is 2.44. The monoisotopic (exact) mass is 283 g/mol. The van der Waals surface area contributed by atoms with Crippen LogP contribution in [0.15, 0.2) is 0 Å². The van der Waals surface area contributed by atoms with Gasteiger partial charge in [-0.1, -0.05) is 0 Å². The molecule has 1 aliphatic heterocycles. The van der Waals surface area contributed by atoms with Crippen LogP contribution in [0.1, 0.15) is 12.8 Å². The SMILES string of the molecule is N[C@@H](CC1CCNC1=O)C(O)C(=O)NC(F)C(F)F. The smallest absolute Gasteiger partial charge is 0.287 e. The van der Waals surface area contributed by atoms with Gasteiger partial charge in [-0.25, -0.2) is 13.2 Å². The summed E-state index contributed by atoms with van der Waals surface area (Å²) in [7, 11) is 0. The molecule has 2 amide bonds. The van der Waals surface area contributed by atoms with E-state index in [1.54, 1.807) is 0 Å². The molecule has 0 aromatic rings. The molecule has 0 radical (unpaired) electrons. The van der Waals surface area contributed by atoms with Crippen LogP contribution in [0.2, 0.25) is 0 Å². The Morgan fingerprint density at radius 3 is 2.63 bits per heavy atom. The van der Waals surface area contributed by atoms with E-state index in [2.05, 4.69) is 5.32 Å². The topological polar surface area (TPSA) is 104 Å². The van der Waals surface area contributed by atoms with Gasteiger partial charge in [0.15, 0.2) is 0 Å². The number of amides is 2. The van der Waals surface area contributed by atoms with Crippen molar-refractivity contribution in [3.8, 4) is 0 Å². The lowest BCUT2D eigenvalue weighted by molar-refractivity contribution is -0.135. The largest absolute Gasteiger partial charge is 0.382 e. The third kappa shape index (κ3) is 4.35. The zero-order valence-electron chi connectivity index (χ0n) is 9.98. The third-order valence-corrected chi connectivity index (χ3v) is 2.90. The molecular formula is C10H16F3N3O3. The molecular weight excluding hydrogens is 267 g/mol. The van der Waals surface area contributed by atoms with Gasteiger partial charge in [-0.05, 0) is 12.8 Å². The van der Waals surface area contributed by atoms with E-state index >= 15 is 0 Å². The maximum atomic E-state index is 12.6. The van der Waals surface area contributed by atoms with Crippen molar-refractivity contribution in [2.24, 2.45) is 11.7 Å². The second-order valence-electron chi connectivity index (χ2n) is 4.37. The fourth-order valence-corrected chi connectivity index (χ4v) is 1.81. The molecule has 1 aliphatic rings. The first-order valence-electron chi connectivity index (χ1n) is 5.77. The fourth-order valence-electron chi connectivity index (χ4n) is 1.81. The minimum Gasteiger partial charge on any atom is -0.382 e. The van der Waals surface area contributed by atoms with Gasteiger partial charge in [0, 0.05) is 18.5 Å². The standard InChI is InChI=1S/C10H16F3N3O3/c11-7(12)8(13)16-10(19)6(17)5(14)3-4-1-2-15-9(4)18/h4-8,17H,1-3,14H2,(H,15,18)(H,16,19)/t4?,5-,6?,8?/m0/s1. The van der Waals surface area contributed by atoms with Crippen LogP contribution in [-0.2, 0) is 9.59 Å². The van der Waals surface area contributed by atoms with E-state index in [0.717, 1.165) is 0 Å². The van der Waals surface area contributed by atoms with Crippen molar-refractivity contribution in [2.75, 3.05) is 6.54 Å². The Bertz CT molecular complexity index is 343. The summed E-state index contributed by atoms with van der Waals surface area (Å²) in [5.74, 6) is -1.99. The van der Waals surface area contributed by atoms with Gasteiger partial charge in [-0.15, -0.1) is 0 Å². The average Bonchev–Trinajstić information content (AvgIpc) is 2.73.